The lowest BCUT2D eigenvalue weighted by Crippen LogP contribution is -2.70. The number of halogens is 2. The Kier molecular flexibility index (Phi) is 23.3. The lowest BCUT2D eigenvalue weighted by atomic mass is 10.0. The van der Waals surface area contributed by atoms with Crippen molar-refractivity contribution in [2.45, 2.75) is 134 Å². The maximum Gasteiger partial charge on any atom is 0.172 e. The highest BCUT2D eigenvalue weighted by Gasteiger charge is 2.28. The van der Waals surface area contributed by atoms with Gasteiger partial charge in [0.2, 0.25) is 0 Å². The fourth-order valence-corrected chi connectivity index (χ4v) is 3.99. The summed E-state index contributed by atoms with van der Waals surface area (Å²) in [6.07, 6.45) is 22.8. The lowest BCUT2D eigenvalue weighted by Gasteiger charge is -2.20. The fraction of sp³-hybridized carbons (Fsp3) is 0.957. The van der Waals surface area contributed by atoms with E-state index in [0.29, 0.717) is 6.42 Å². The number of hydrogen-bond acceptors (Lipinski definition) is 1. The Morgan fingerprint density at radius 3 is 1.41 bits per heavy atom. The Labute approximate surface area is 181 Å². The van der Waals surface area contributed by atoms with Crippen molar-refractivity contribution < 1.29 is 10.8 Å². The van der Waals surface area contributed by atoms with Gasteiger partial charge in [-0.05, 0) is 6.42 Å². The summed E-state index contributed by atoms with van der Waals surface area (Å²) >= 11 is 12.0. The summed E-state index contributed by atoms with van der Waals surface area (Å²) in [4.78, 5) is -0.551. The van der Waals surface area contributed by atoms with Gasteiger partial charge in [0.1, 0.15) is 0 Å². The van der Waals surface area contributed by atoms with Crippen LogP contribution < -0.4 is 5.73 Å². The van der Waals surface area contributed by atoms with E-state index in [1.807, 2.05) is 0 Å². The molecule has 0 amide bonds. The van der Waals surface area contributed by atoms with Gasteiger partial charge in [-0.1, -0.05) is 115 Å². The van der Waals surface area contributed by atoms with Crippen LogP contribution in [0.5, 0.6) is 0 Å². The molecule has 0 aliphatic heterocycles. The molecule has 166 valence electrons. The number of aliphatic hydroxyl groups excluding tert-OH is 1. The summed E-state index contributed by atoms with van der Waals surface area (Å²) in [6.45, 7) is 2.28. The van der Waals surface area contributed by atoms with E-state index in [0.717, 1.165) is 12.8 Å². The van der Waals surface area contributed by atoms with Crippen LogP contribution >= 0.6 is 23.2 Å². The Hall–Kier alpha value is 0.500. The smallest absolute Gasteiger partial charge is 0.172 e. The normalized spacial score (nSPS) is 14.6. The molecule has 0 saturated carbocycles. The second-order valence-corrected chi connectivity index (χ2v) is 9.33. The molecule has 0 aliphatic carbocycles. The summed E-state index contributed by atoms with van der Waals surface area (Å²) in [5.74, 6) is 0.239. The monoisotopic (exact) mass is 425 g/mol. The van der Waals surface area contributed by atoms with Crippen molar-refractivity contribution in [3.8, 4) is 0 Å². The molecule has 4 heteroatoms. The number of unbranched alkanes of at least 4 members (excludes halogenated alkanes) is 15. The van der Waals surface area contributed by atoms with E-state index in [4.69, 9.17) is 23.2 Å². The zero-order valence-electron chi connectivity index (χ0n) is 18.4. The summed E-state index contributed by atoms with van der Waals surface area (Å²) < 4.78 is 0. The van der Waals surface area contributed by atoms with E-state index in [2.05, 4.69) is 12.7 Å². The Balaban J connectivity index is 0. The fourth-order valence-electron chi connectivity index (χ4n) is 3.57. The van der Waals surface area contributed by atoms with E-state index in [1.54, 1.807) is 0 Å². The largest absolute Gasteiger partial charge is 0.392 e. The molecular weight excluding hydrogens is 377 g/mol. The van der Waals surface area contributed by atoms with Gasteiger partial charge in [0, 0.05) is 18.7 Å². The highest BCUT2D eigenvalue weighted by Crippen LogP contribution is 2.22. The predicted octanol–water partition coefficient (Wildman–Crippen LogP) is 7.26. The number of aliphatic hydroxyl groups is 1. The van der Waals surface area contributed by atoms with Crippen LogP contribution in [0.1, 0.15) is 122 Å². The molecular formula is C23H49Cl2NO. The van der Waals surface area contributed by atoms with Gasteiger partial charge in [0.05, 0.1) is 6.10 Å². The number of hydrogen-bond donors (Lipinski definition) is 2. The molecule has 0 aromatic rings. The van der Waals surface area contributed by atoms with Crippen LogP contribution in [0.25, 0.3) is 0 Å². The third-order valence-electron chi connectivity index (χ3n) is 5.26. The minimum Gasteiger partial charge on any atom is -0.392 e. The molecule has 0 fully saturated rings. The summed E-state index contributed by atoms with van der Waals surface area (Å²) in [5.41, 5.74) is 4.01. The summed E-state index contributed by atoms with van der Waals surface area (Å²) in [6, 6.07) is 0. The van der Waals surface area contributed by atoms with Crippen LogP contribution in [0.3, 0.4) is 0 Å². The first kappa shape index (κ1) is 29.7. The van der Waals surface area contributed by atoms with Crippen molar-refractivity contribution in [1.29, 1.82) is 0 Å². The number of rotatable bonds is 20. The maximum atomic E-state index is 9.57. The van der Waals surface area contributed by atoms with Crippen LogP contribution in [-0.4, -0.2) is 22.1 Å². The van der Waals surface area contributed by atoms with E-state index in [-0.39, 0.29) is 13.3 Å². The maximum absolute atomic E-state index is 9.57. The van der Waals surface area contributed by atoms with Gasteiger partial charge < -0.3 is 18.3 Å². The molecule has 0 spiro atoms. The Morgan fingerprint density at radius 1 is 0.741 bits per heavy atom. The molecule has 2 atom stereocenters. The van der Waals surface area contributed by atoms with Crippen LogP contribution in [0, 0.1) is 7.43 Å². The molecule has 2 unspecified atom stereocenters. The standard InChI is InChI=1S/C22H45Cl2NO.CH3/c1-2-3-4-5-6-7-8-9-10-11-12-13-14-15-16-17-18-22(24,25)19-21(26)20-23;/h21,26H,2-20,25H2,1H3;1H3/q;-1/p+1. The van der Waals surface area contributed by atoms with Crippen LogP contribution in [0.2, 0.25) is 0 Å². The van der Waals surface area contributed by atoms with Crippen LogP contribution in [0.4, 0.5) is 0 Å². The van der Waals surface area contributed by atoms with E-state index >= 15 is 0 Å². The highest BCUT2D eigenvalue weighted by atomic mass is 35.5. The molecule has 0 radical (unpaired) electrons. The summed E-state index contributed by atoms with van der Waals surface area (Å²) in [5, 5.41) is 9.57. The molecule has 4 N–H and O–H groups in total. The molecule has 0 aliphatic rings. The topological polar surface area (TPSA) is 47.9 Å². The minimum absolute atomic E-state index is 0. The second kappa shape index (κ2) is 21.2. The molecule has 27 heavy (non-hydrogen) atoms. The van der Waals surface area contributed by atoms with Crippen molar-refractivity contribution in [2.24, 2.45) is 0 Å². The predicted molar refractivity (Wildman–Crippen MR) is 123 cm³/mol. The van der Waals surface area contributed by atoms with Gasteiger partial charge in [-0.25, -0.2) is 0 Å². The number of quaternary nitrogens is 1. The van der Waals surface area contributed by atoms with Crippen molar-refractivity contribution in [3.63, 3.8) is 0 Å². The lowest BCUT2D eigenvalue weighted by molar-refractivity contribution is -0.448. The van der Waals surface area contributed by atoms with Gasteiger partial charge in [0.15, 0.2) is 5.00 Å². The van der Waals surface area contributed by atoms with Crippen molar-refractivity contribution in [1.82, 2.24) is 0 Å². The first-order valence-corrected chi connectivity index (χ1v) is 12.2. The van der Waals surface area contributed by atoms with Gasteiger partial charge in [-0.2, -0.15) is 0 Å². The zero-order chi connectivity index (χ0) is 19.5. The highest BCUT2D eigenvalue weighted by molar-refractivity contribution is 6.22. The first-order chi connectivity index (χ1) is 12.5. The molecule has 2 nitrogen and oxygen atoms in total. The van der Waals surface area contributed by atoms with Gasteiger partial charge in [0.25, 0.3) is 0 Å². The van der Waals surface area contributed by atoms with Crippen molar-refractivity contribution in [3.05, 3.63) is 7.43 Å². The molecule has 0 heterocycles. The molecule has 0 aromatic heterocycles. The Morgan fingerprint density at radius 2 is 1.07 bits per heavy atom. The minimum atomic E-state index is -0.551. The molecule has 0 rings (SSSR count). The SMILES string of the molecule is CCCCCCCCCCCCCCCCCCC([NH3+])(Cl)CC(O)CCl.[CH3-]. The quantitative estimate of drug-likeness (QED) is 0.0915. The molecule has 0 aromatic carbocycles. The van der Waals surface area contributed by atoms with E-state index < -0.39 is 11.1 Å². The van der Waals surface area contributed by atoms with Crippen LogP contribution in [-0.2, 0) is 0 Å². The average Bonchev–Trinajstić information content (AvgIpc) is 2.60. The van der Waals surface area contributed by atoms with Crippen molar-refractivity contribution in [2.75, 3.05) is 5.88 Å². The average molecular weight is 427 g/mol. The third kappa shape index (κ3) is 22.7. The van der Waals surface area contributed by atoms with Crippen molar-refractivity contribution >= 4 is 23.2 Å². The van der Waals surface area contributed by atoms with Gasteiger partial charge in [-0.3, -0.25) is 0 Å². The second-order valence-electron chi connectivity index (χ2n) is 8.22. The van der Waals surface area contributed by atoms with Gasteiger partial charge >= 0.3 is 0 Å². The van der Waals surface area contributed by atoms with Gasteiger partial charge in [-0.15, -0.1) is 11.6 Å². The van der Waals surface area contributed by atoms with E-state index in [9.17, 15) is 5.11 Å². The summed E-state index contributed by atoms with van der Waals surface area (Å²) in [7, 11) is 0. The zero-order valence-corrected chi connectivity index (χ0v) is 19.9. The van der Waals surface area contributed by atoms with Crippen LogP contribution in [0.15, 0.2) is 0 Å². The molecule has 0 saturated heterocycles. The Bertz CT molecular complexity index is 288. The third-order valence-corrected chi connectivity index (χ3v) is 5.96. The number of alkyl halides is 2. The van der Waals surface area contributed by atoms with E-state index in [1.165, 1.54) is 96.3 Å². The first-order valence-electron chi connectivity index (χ1n) is 11.3. The molecule has 0 bridgehead atoms.